The molecule has 0 radical (unpaired) electrons. The molecule has 1 aromatic carbocycles. The maximum Gasteiger partial charge on any atom is 0.0991 e. The molecule has 1 aromatic rings. The molecular weight excluding hydrogens is 200 g/mol. The van der Waals surface area contributed by atoms with Gasteiger partial charge >= 0.3 is 0 Å². The van der Waals surface area contributed by atoms with Crippen LogP contribution in [-0.4, -0.2) is 19.3 Å². The fourth-order valence-corrected chi connectivity index (χ4v) is 1.35. The van der Waals surface area contributed by atoms with Crippen LogP contribution in [0.5, 0.6) is 0 Å². The number of nitrogens with one attached hydrogen (secondary N) is 1. The predicted octanol–water partition coefficient (Wildman–Crippen LogP) is 2.07. The van der Waals surface area contributed by atoms with Gasteiger partial charge in [-0.1, -0.05) is 12.1 Å². The van der Waals surface area contributed by atoms with Crippen molar-refractivity contribution in [1.82, 2.24) is 5.32 Å². The summed E-state index contributed by atoms with van der Waals surface area (Å²) in [7, 11) is 0. The molecule has 0 bridgehead atoms. The molecule has 0 aliphatic carbocycles. The van der Waals surface area contributed by atoms with E-state index in [-0.39, 0.29) is 6.10 Å². The number of benzene rings is 1. The van der Waals surface area contributed by atoms with Crippen molar-refractivity contribution >= 4 is 0 Å². The second-order valence-corrected chi connectivity index (χ2v) is 3.91. The van der Waals surface area contributed by atoms with E-state index in [4.69, 9.17) is 10.00 Å². The van der Waals surface area contributed by atoms with Gasteiger partial charge in [0.05, 0.1) is 24.3 Å². The summed E-state index contributed by atoms with van der Waals surface area (Å²) in [6.07, 6.45) is 0.281. The third-order valence-electron chi connectivity index (χ3n) is 2.12. The molecule has 1 rings (SSSR count). The van der Waals surface area contributed by atoms with Gasteiger partial charge in [0.25, 0.3) is 0 Å². The highest BCUT2D eigenvalue weighted by Gasteiger charge is 1.96. The van der Waals surface area contributed by atoms with Crippen molar-refractivity contribution in [1.29, 1.82) is 5.26 Å². The molecule has 0 atom stereocenters. The van der Waals surface area contributed by atoms with Crippen LogP contribution in [0.25, 0.3) is 0 Å². The number of nitriles is 1. The van der Waals surface area contributed by atoms with Crippen molar-refractivity contribution in [2.24, 2.45) is 0 Å². The molecule has 0 saturated carbocycles. The van der Waals surface area contributed by atoms with Crippen molar-refractivity contribution < 1.29 is 4.74 Å². The number of hydrogen-bond acceptors (Lipinski definition) is 3. The molecule has 0 aromatic heterocycles. The minimum absolute atomic E-state index is 0.281. The van der Waals surface area contributed by atoms with Crippen LogP contribution in [0.3, 0.4) is 0 Å². The van der Waals surface area contributed by atoms with Crippen LogP contribution < -0.4 is 5.32 Å². The number of ether oxygens (including phenoxy) is 1. The lowest BCUT2D eigenvalue weighted by Gasteiger charge is -2.08. The first-order chi connectivity index (χ1) is 7.72. The molecular formula is C13H18N2O. The van der Waals surface area contributed by atoms with Crippen LogP contribution in [0.15, 0.2) is 24.3 Å². The Morgan fingerprint density at radius 2 is 2.25 bits per heavy atom. The van der Waals surface area contributed by atoms with Crippen molar-refractivity contribution in [2.75, 3.05) is 13.2 Å². The molecule has 0 aliphatic rings. The van der Waals surface area contributed by atoms with Crippen LogP contribution in [0.4, 0.5) is 0 Å². The van der Waals surface area contributed by atoms with E-state index in [1.54, 1.807) is 0 Å². The maximum absolute atomic E-state index is 8.74. The van der Waals surface area contributed by atoms with E-state index < -0.39 is 0 Å². The van der Waals surface area contributed by atoms with Crippen molar-refractivity contribution in [3.63, 3.8) is 0 Å². The fraction of sp³-hybridized carbons (Fsp3) is 0.462. The Morgan fingerprint density at radius 3 is 2.94 bits per heavy atom. The average Bonchev–Trinajstić information content (AvgIpc) is 2.28. The van der Waals surface area contributed by atoms with Crippen molar-refractivity contribution in [3.8, 4) is 6.07 Å². The summed E-state index contributed by atoms with van der Waals surface area (Å²) in [5.41, 5.74) is 1.83. The van der Waals surface area contributed by atoms with Crippen LogP contribution in [0.1, 0.15) is 25.0 Å². The lowest BCUT2D eigenvalue weighted by Crippen LogP contribution is -2.20. The van der Waals surface area contributed by atoms with E-state index in [2.05, 4.69) is 11.4 Å². The highest BCUT2D eigenvalue weighted by molar-refractivity contribution is 5.32. The average molecular weight is 218 g/mol. The topological polar surface area (TPSA) is 45.0 Å². The molecule has 0 aliphatic heterocycles. The molecule has 1 N–H and O–H groups in total. The van der Waals surface area contributed by atoms with Gasteiger partial charge in [0.15, 0.2) is 0 Å². The lowest BCUT2D eigenvalue weighted by atomic mass is 10.1. The van der Waals surface area contributed by atoms with Gasteiger partial charge in [0.2, 0.25) is 0 Å². The molecule has 86 valence electrons. The maximum atomic E-state index is 8.74. The van der Waals surface area contributed by atoms with Crippen LogP contribution in [0, 0.1) is 11.3 Å². The van der Waals surface area contributed by atoms with Gasteiger partial charge in [0, 0.05) is 13.1 Å². The van der Waals surface area contributed by atoms with E-state index in [9.17, 15) is 0 Å². The summed E-state index contributed by atoms with van der Waals surface area (Å²) in [5, 5.41) is 12.0. The van der Waals surface area contributed by atoms with Gasteiger partial charge in [-0.15, -0.1) is 0 Å². The first-order valence-electron chi connectivity index (χ1n) is 5.53. The Kier molecular flexibility index (Phi) is 5.55. The molecule has 0 amide bonds. The first-order valence-corrected chi connectivity index (χ1v) is 5.53. The summed E-state index contributed by atoms with van der Waals surface area (Å²) in [4.78, 5) is 0. The van der Waals surface area contributed by atoms with E-state index in [1.165, 1.54) is 0 Å². The summed E-state index contributed by atoms with van der Waals surface area (Å²) in [5.74, 6) is 0. The highest BCUT2D eigenvalue weighted by atomic mass is 16.5. The Bertz CT molecular complexity index is 355. The highest BCUT2D eigenvalue weighted by Crippen LogP contribution is 2.03. The lowest BCUT2D eigenvalue weighted by molar-refractivity contribution is 0.0807. The minimum Gasteiger partial charge on any atom is -0.377 e. The SMILES string of the molecule is CC(C)OCCNCc1cccc(C#N)c1. The normalized spacial score (nSPS) is 10.4. The number of hydrogen-bond donors (Lipinski definition) is 1. The first kappa shape index (κ1) is 12.7. The zero-order valence-corrected chi connectivity index (χ0v) is 9.86. The largest absolute Gasteiger partial charge is 0.377 e. The number of rotatable bonds is 6. The molecule has 0 heterocycles. The second-order valence-electron chi connectivity index (χ2n) is 3.91. The van der Waals surface area contributed by atoms with Gasteiger partial charge in [-0.2, -0.15) is 5.26 Å². The zero-order chi connectivity index (χ0) is 11.8. The minimum atomic E-state index is 0.281. The molecule has 3 heteroatoms. The van der Waals surface area contributed by atoms with Gasteiger partial charge in [-0.05, 0) is 31.5 Å². The summed E-state index contributed by atoms with van der Waals surface area (Å²) in [6, 6.07) is 9.76. The fourth-order valence-electron chi connectivity index (χ4n) is 1.35. The monoisotopic (exact) mass is 218 g/mol. The van der Waals surface area contributed by atoms with Crippen LogP contribution >= 0.6 is 0 Å². The van der Waals surface area contributed by atoms with E-state index in [1.807, 2.05) is 38.1 Å². The predicted molar refractivity (Wildman–Crippen MR) is 64.0 cm³/mol. The summed E-state index contributed by atoms with van der Waals surface area (Å²) < 4.78 is 5.41. The third-order valence-corrected chi connectivity index (χ3v) is 2.12. The Labute approximate surface area is 97.0 Å². The quantitative estimate of drug-likeness (QED) is 0.743. The van der Waals surface area contributed by atoms with Crippen molar-refractivity contribution in [2.45, 2.75) is 26.5 Å². The Hall–Kier alpha value is -1.37. The van der Waals surface area contributed by atoms with Crippen LogP contribution in [-0.2, 0) is 11.3 Å². The molecule has 16 heavy (non-hydrogen) atoms. The Morgan fingerprint density at radius 1 is 1.44 bits per heavy atom. The van der Waals surface area contributed by atoms with E-state index >= 15 is 0 Å². The number of nitrogens with zero attached hydrogens (tertiary/aromatic N) is 1. The smallest absolute Gasteiger partial charge is 0.0991 e. The van der Waals surface area contributed by atoms with Gasteiger partial charge in [-0.25, -0.2) is 0 Å². The standard InChI is InChI=1S/C13H18N2O/c1-11(2)16-7-6-15-10-13-5-3-4-12(8-13)9-14/h3-5,8,11,15H,6-7,10H2,1-2H3. The van der Waals surface area contributed by atoms with Gasteiger partial charge < -0.3 is 10.1 Å². The van der Waals surface area contributed by atoms with E-state index in [0.717, 1.165) is 25.3 Å². The molecule has 0 saturated heterocycles. The van der Waals surface area contributed by atoms with Crippen LogP contribution in [0.2, 0.25) is 0 Å². The Balaban J connectivity index is 2.24. The molecule has 3 nitrogen and oxygen atoms in total. The second kappa shape index (κ2) is 7.00. The summed E-state index contributed by atoms with van der Waals surface area (Å²) >= 11 is 0. The molecule has 0 unspecified atom stereocenters. The zero-order valence-electron chi connectivity index (χ0n) is 9.86. The molecule has 0 fully saturated rings. The van der Waals surface area contributed by atoms with Crippen molar-refractivity contribution in [3.05, 3.63) is 35.4 Å². The molecule has 0 spiro atoms. The van der Waals surface area contributed by atoms with Gasteiger partial charge in [-0.3, -0.25) is 0 Å². The summed E-state index contributed by atoms with van der Waals surface area (Å²) in [6.45, 7) is 6.37. The van der Waals surface area contributed by atoms with Gasteiger partial charge in [0.1, 0.15) is 0 Å². The van der Waals surface area contributed by atoms with E-state index in [0.29, 0.717) is 5.56 Å². The third kappa shape index (κ3) is 4.92.